The second-order valence-electron chi connectivity index (χ2n) is 9.16. The van der Waals surface area contributed by atoms with Gasteiger partial charge in [0, 0.05) is 23.8 Å². The van der Waals surface area contributed by atoms with Crippen LogP contribution in [0.5, 0.6) is 0 Å². The first-order chi connectivity index (χ1) is 21.7. The number of primary amides is 1. The monoisotopic (exact) mass is 686 g/mol. The number of hydrogen-bond acceptors (Lipinski definition) is 11. The highest BCUT2D eigenvalue weighted by Gasteiger charge is 2.38. The zero-order valence-corrected chi connectivity index (χ0v) is 25.8. The Morgan fingerprint density at radius 3 is 2.35 bits per heavy atom. The summed E-state index contributed by atoms with van der Waals surface area (Å²) in [6.45, 7) is 2.35. The number of ether oxygens (including phenoxy) is 2. The van der Waals surface area contributed by atoms with Crippen molar-refractivity contribution in [3.8, 4) is 0 Å². The maximum absolute atomic E-state index is 11.9. The predicted molar refractivity (Wildman–Crippen MR) is 161 cm³/mol. The molecule has 0 unspecified atom stereocenters. The molecule has 1 aliphatic rings. The maximum Gasteiger partial charge on any atom is 0.490 e. The van der Waals surface area contributed by atoms with Crippen LogP contribution in [0.2, 0.25) is 0 Å². The zero-order chi connectivity index (χ0) is 34.4. The van der Waals surface area contributed by atoms with E-state index < -0.39 is 41.5 Å². The number of rotatable bonds is 8. The average Bonchev–Trinajstić information content (AvgIpc) is 3.42. The van der Waals surface area contributed by atoms with E-state index in [1.807, 2.05) is 0 Å². The minimum atomic E-state index is -5.08. The van der Waals surface area contributed by atoms with Crippen molar-refractivity contribution in [3.63, 3.8) is 0 Å². The molecular formula is C29H30ClF3N4O8S. The lowest BCUT2D eigenvalue weighted by Gasteiger charge is -2.12. The Bertz CT molecular complexity index is 1540. The summed E-state index contributed by atoms with van der Waals surface area (Å²) in [6, 6.07) is 9.89. The van der Waals surface area contributed by atoms with E-state index in [0.717, 1.165) is 41.7 Å². The van der Waals surface area contributed by atoms with Crippen molar-refractivity contribution < 1.29 is 51.7 Å². The van der Waals surface area contributed by atoms with Gasteiger partial charge >= 0.3 is 30.1 Å². The number of fused-ring (bicyclic) bond motifs is 1. The number of halogens is 4. The molecule has 12 nitrogen and oxygen atoms in total. The number of benzene rings is 1. The molecule has 0 aliphatic heterocycles. The van der Waals surface area contributed by atoms with E-state index in [0.29, 0.717) is 22.7 Å². The van der Waals surface area contributed by atoms with E-state index in [1.54, 1.807) is 43.5 Å². The van der Waals surface area contributed by atoms with Gasteiger partial charge in [-0.3, -0.25) is 9.78 Å². The smallest absolute Gasteiger partial charge is 0.475 e. The fraction of sp³-hybridized carbons (Fsp3) is 0.310. The first-order valence-corrected chi connectivity index (χ1v) is 14.7. The third-order valence-electron chi connectivity index (χ3n) is 5.87. The van der Waals surface area contributed by atoms with Crippen LogP contribution in [0.25, 0.3) is 0 Å². The van der Waals surface area contributed by atoms with Gasteiger partial charge in [0.15, 0.2) is 0 Å². The molecule has 0 fully saturated rings. The van der Waals surface area contributed by atoms with E-state index in [9.17, 15) is 32.3 Å². The number of esters is 3. The Kier molecular flexibility index (Phi) is 14.6. The summed E-state index contributed by atoms with van der Waals surface area (Å²) >= 11 is 7.22. The molecule has 2 heterocycles. The molecule has 248 valence electrons. The number of aromatic nitrogens is 1. The number of anilines is 1. The van der Waals surface area contributed by atoms with Crippen LogP contribution in [0.1, 0.15) is 66.2 Å². The number of hydrogen-bond donors (Lipinski definition) is 4. The van der Waals surface area contributed by atoms with Crippen LogP contribution in [0.4, 0.5) is 18.9 Å². The lowest BCUT2D eigenvalue weighted by atomic mass is 9.95. The molecular weight excluding hydrogens is 657 g/mol. The van der Waals surface area contributed by atoms with Gasteiger partial charge < -0.3 is 31.4 Å². The Hall–Kier alpha value is -4.54. The molecule has 1 amide bonds. The number of aryl methyl sites for hydroxylation is 1. The topological polar surface area (TPSA) is 201 Å². The van der Waals surface area contributed by atoms with Gasteiger partial charge in [0.25, 0.3) is 5.91 Å². The fourth-order valence-corrected chi connectivity index (χ4v) is 5.24. The Morgan fingerprint density at radius 2 is 1.78 bits per heavy atom. The van der Waals surface area contributed by atoms with Gasteiger partial charge in [-0.1, -0.05) is 23.7 Å². The minimum Gasteiger partial charge on any atom is -0.475 e. The average molecular weight is 687 g/mol. The SMILES string of the molecule is CCOC(=O)c1c(C(N)=O)sc2c1CCCC2.NCc1cccc(C(=O)OC(=O)[C@H](Cl)Nc2cccnc2)c1.O=C(O)C(F)(F)F. The van der Waals surface area contributed by atoms with E-state index in [-0.39, 0.29) is 12.1 Å². The van der Waals surface area contributed by atoms with Crippen molar-refractivity contribution in [2.24, 2.45) is 11.5 Å². The third-order valence-corrected chi connectivity index (χ3v) is 7.46. The standard InChI is InChI=1S/C15H14ClN3O3.C12H15NO3S.C2HF3O2/c16-13(19-12-5-2-6-18-9-12)15(21)22-14(20)11-4-1-3-10(7-11)8-17;1-2-16-12(15)9-7-5-3-4-6-8(7)17-10(9)11(13)14;3-2(4,5)1(6)7/h1-7,9,13,19H,8,17H2;2-6H2,1H3,(H2,13,14);(H,6,7)/t13-;;/m1../s1. The predicted octanol–water partition coefficient (Wildman–Crippen LogP) is 4.44. The maximum atomic E-state index is 11.9. The van der Waals surface area contributed by atoms with Crippen LogP contribution in [0.3, 0.4) is 0 Å². The molecule has 1 aromatic carbocycles. The Labute approximate surface area is 269 Å². The summed E-state index contributed by atoms with van der Waals surface area (Å²) < 4.78 is 41.5. The van der Waals surface area contributed by atoms with Crippen LogP contribution in [-0.2, 0) is 38.4 Å². The van der Waals surface area contributed by atoms with Crippen LogP contribution in [-0.4, -0.2) is 58.2 Å². The molecule has 0 bridgehead atoms. The van der Waals surface area contributed by atoms with E-state index in [2.05, 4.69) is 10.3 Å². The number of thiophene rings is 1. The number of amides is 1. The highest BCUT2D eigenvalue weighted by molar-refractivity contribution is 7.14. The molecule has 0 spiro atoms. The largest absolute Gasteiger partial charge is 0.490 e. The van der Waals surface area contributed by atoms with Gasteiger partial charge in [-0.15, -0.1) is 11.3 Å². The number of carbonyl (C=O) groups is 5. The lowest BCUT2D eigenvalue weighted by molar-refractivity contribution is -0.192. The first-order valence-electron chi connectivity index (χ1n) is 13.5. The number of alkyl halides is 4. The van der Waals surface area contributed by atoms with Gasteiger partial charge in [0.2, 0.25) is 5.50 Å². The summed E-state index contributed by atoms with van der Waals surface area (Å²) in [5, 5.41) is 9.80. The molecule has 4 rings (SSSR count). The number of carboxylic acids is 1. The number of carboxylic acid groups (broad SMARTS) is 1. The number of carbonyl (C=O) groups excluding carboxylic acids is 4. The molecule has 3 aromatic rings. The molecule has 2 aromatic heterocycles. The summed E-state index contributed by atoms with van der Waals surface area (Å²) in [5.74, 6) is -5.38. The summed E-state index contributed by atoms with van der Waals surface area (Å²) in [5.41, 5.74) is 12.6. The molecule has 1 aliphatic carbocycles. The summed E-state index contributed by atoms with van der Waals surface area (Å²) in [4.78, 5) is 61.2. The Balaban J connectivity index is 0.000000271. The highest BCUT2D eigenvalue weighted by Crippen LogP contribution is 2.34. The van der Waals surface area contributed by atoms with Crippen LogP contribution in [0, 0.1) is 0 Å². The van der Waals surface area contributed by atoms with Crippen LogP contribution < -0.4 is 16.8 Å². The zero-order valence-electron chi connectivity index (χ0n) is 24.3. The minimum absolute atomic E-state index is 0.238. The van der Waals surface area contributed by atoms with E-state index >= 15 is 0 Å². The van der Waals surface area contributed by atoms with Gasteiger partial charge in [-0.2, -0.15) is 13.2 Å². The first kappa shape index (κ1) is 37.6. The second-order valence-corrected chi connectivity index (χ2v) is 10.7. The highest BCUT2D eigenvalue weighted by atomic mass is 35.5. The summed E-state index contributed by atoms with van der Waals surface area (Å²) in [6.07, 6.45) is 1.92. The van der Waals surface area contributed by atoms with Crippen molar-refractivity contribution in [3.05, 3.63) is 80.8 Å². The van der Waals surface area contributed by atoms with Gasteiger partial charge in [0.1, 0.15) is 4.88 Å². The van der Waals surface area contributed by atoms with Crippen molar-refractivity contribution in [2.45, 2.75) is 50.8 Å². The van der Waals surface area contributed by atoms with E-state index in [4.69, 9.17) is 42.4 Å². The van der Waals surface area contributed by atoms with Crippen LogP contribution >= 0.6 is 22.9 Å². The molecule has 0 saturated carbocycles. The molecule has 1 atom stereocenters. The van der Waals surface area contributed by atoms with Gasteiger partial charge in [0.05, 0.1) is 23.4 Å². The molecule has 17 heteroatoms. The Morgan fingerprint density at radius 1 is 1.11 bits per heavy atom. The molecule has 46 heavy (non-hydrogen) atoms. The number of nitrogens with two attached hydrogens (primary N) is 2. The quantitative estimate of drug-likeness (QED) is 0.113. The second kappa shape index (κ2) is 17.8. The number of aliphatic carboxylic acids is 1. The van der Waals surface area contributed by atoms with Crippen molar-refractivity contribution in [1.82, 2.24) is 4.98 Å². The fourth-order valence-electron chi connectivity index (χ4n) is 3.84. The van der Waals surface area contributed by atoms with Crippen molar-refractivity contribution in [2.75, 3.05) is 11.9 Å². The normalized spacial score (nSPS) is 12.5. The van der Waals surface area contributed by atoms with Gasteiger partial charge in [-0.05, 0) is 68.0 Å². The summed E-state index contributed by atoms with van der Waals surface area (Å²) in [7, 11) is 0. The van der Waals surface area contributed by atoms with Crippen molar-refractivity contribution in [1.29, 1.82) is 0 Å². The number of nitrogens with zero attached hydrogens (tertiary/aromatic N) is 1. The third kappa shape index (κ3) is 11.4. The molecule has 0 radical (unpaired) electrons. The van der Waals surface area contributed by atoms with Crippen LogP contribution in [0.15, 0.2) is 48.8 Å². The van der Waals surface area contributed by atoms with Crippen molar-refractivity contribution >= 4 is 58.4 Å². The van der Waals surface area contributed by atoms with Gasteiger partial charge in [-0.25, -0.2) is 19.2 Å². The lowest BCUT2D eigenvalue weighted by Crippen LogP contribution is -2.28. The van der Waals surface area contributed by atoms with E-state index in [1.165, 1.54) is 23.6 Å². The molecule has 6 N–H and O–H groups in total. The molecule has 0 saturated heterocycles. The number of pyridine rings is 1. The number of nitrogens with one attached hydrogen (secondary N) is 1.